The van der Waals surface area contributed by atoms with Gasteiger partial charge >= 0.3 is 0 Å². The van der Waals surface area contributed by atoms with Crippen molar-refractivity contribution >= 4 is 32.6 Å². The van der Waals surface area contributed by atoms with Crippen molar-refractivity contribution in [2.75, 3.05) is 18.0 Å². The summed E-state index contributed by atoms with van der Waals surface area (Å²) >= 11 is 1.68. The van der Waals surface area contributed by atoms with E-state index in [1.807, 2.05) is 18.2 Å². The van der Waals surface area contributed by atoms with Crippen LogP contribution in [0, 0.1) is 5.92 Å². The summed E-state index contributed by atoms with van der Waals surface area (Å²) in [5, 5.41) is 1.00. The summed E-state index contributed by atoms with van der Waals surface area (Å²) in [4.78, 5) is 18.1. The molecule has 0 radical (unpaired) electrons. The Morgan fingerprint density at radius 2 is 2.28 bits per heavy atom. The number of para-hydroxylation sites is 1. The van der Waals surface area contributed by atoms with Crippen molar-refractivity contribution in [3.8, 4) is 0 Å². The Morgan fingerprint density at radius 1 is 1.44 bits per heavy atom. The third-order valence-electron chi connectivity index (χ3n) is 3.38. The molecule has 4 nitrogen and oxygen atoms in total. The third kappa shape index (κ3) is 2.06. The summed E-state index contributed by atoms with van der Waals surface area (Å²) in [5.41, 5.74) is 6.43. The zero-order chi connectivity index (χ0) is 12.5. The van der Waals surface area contributed by atoms with E-state index in [0.717, 1.165) is 30.0 Å². The molecule has 1 saturated heterocycles. The van der Waals surface area contributed by atoms with Crippen LogP contribution >= 0.6 is 11.3 Å². The summed E-state index contributed by atoms with van der Waals surface area (Å²) in [7, 11) is 0. The summed E-state index contributed by atoms with van der Waals surface area (Å²) in [6.45, 7) is 1.67. The van der Waals surface area contributed by atoms with E-state index < -0.39 is 0 Å². The van der Waals surface area contributed by atoms with Crippen LogP contribution in [0.4, 0.5) is 5.13 Å². The molecule has 1 amide bonds. The van der Waals surface area contributed by atoms with Gasteiger partial charge in [0.1, 0.15) is 0 Å². The van der Waals surface area contributed by atoms with Gasteiger partial charge in [0.25, 0.3) is 0 Å². The van der Waals surface area contributed by atoms with Gasteiger partial charge in [-0.25, -0.2) is 4.98 Å². The average molecular weight is 261 g/mol. The highest BCUT2D eigenvalue weighted by atomic mass is 32.1. The molecular weight excluding hydrogens is 246 g/mol. The molecule has 94 valence electrons. The van der Waals surface area contributed by atoms with Crippen molar-refractivity contribution in [3.05, 3.63) is 24.3 Å². The second-order valence-corrected chi connectivity index (χ2v) is 5.66. The molecule has 1 unspecified atom stereocenters. The average Bonchev–Trinajstić information content (AvgIpc) is 2.82. The van der Waals surface area contributed by atoms with Gasteiger partial charge in [-0.05, 0) is 25.0 Å². The maximum absolute atomic E-state index is 11.3. The Morgan fingerprint density at radius 3 is 3.06 bits per heavy atom. The van der Waals surface area contributed by atoms with Gasteiger partial charge < -0.3 is 10.6 Å². The van der Waals surface area contributed by atoms with Gasteiger partial charge in [0, 0.05) is 13.1 Å². The maximum Gasteiger partial charge on any atom is 0.222 e. The predicted octanol–water partition coefficient (Wildman–Crippen LogP) is 2.00. The first-order valence-corrected chi connectivity index (χ1v) is 6.95. The van der Waals surface area contributed by atoms with Crippen LogP contribution in [-0.2, 0) is 4.79 Å². The molecule has 18 heavy (non-hydrogen) atoms. The monoisotopic (exact) mass is 261 g/mol. The number of amides is 1. The van der Waals surface area contributed by atoms with E-state index in [1.54, 1.807) is 11.3 Å². The van der Waals surface area contributed by atoms with Gasteiger partial charge in [0.2, 0.25) is 5.91 Å². The standard InChI is InChI=1S/C13H15N3OS/c14-12(17)9-4-3-7-16(8-9)13-15-10-5-1-2-6-11(10)18-13/h1-2,5-6,9H,3-4,7-8H2,(H2,14,17). The highest BCUT2D eigenvalue weighted by molar-refractivity contribution is 7.22. The molecule has 5 heteroatoms. The van der Waals surface area contributed by atoms with Crippen LogP contribution in [0.3, 0.4) is 0 Å². The van der Waals surface area contributed by atoms with Crippen molar-refractivity contribution < 1.29 is 4.79 Å². The molecule has 1 aliphatic heterocycles. The number of nitrogens with two attached hydrogens (primary N) is 1. The molecule has 2 N–H and O–H groups in total. The minimum absolute atomic E-state index is 0.0363. The normalized spacial score (nSPS) is 20.2. The van der Waals surface area contributed by atoms with Crippen molar-refractivity contribution in [2.24, 2.45) is 11.7 Å². The Labute approximate surface area is 109 Å². The number of aromatic nitrogens is 1. The Kier molecular flexibility index (Phi) is 2.91. The van der Waals surface area contributed by atoms with E-state index in [2.05, 4.69) is 16.0 Å². The number of hydrogen-bond acceptors (Lipinski definition) is 4. The molecule has 0 bridgehead atoms. The number of carbonyl (C=O) groups excluding carboxylic acids is 1. The van der Waals surface area contributed by atoms with Crippen LogP contribution in [0.25, 0.3) is 10.2 Å². The lowest BCUT2D eigenvalue weighted by atomic mass is 9.98. The SMILES string of the molecule is NC(=O)C1CCCN(c2nc3ccccc3s2)C1. The van der Waals surface area contributed by atoms with E-state index in [1.165, 1.54) is 4.70 Å². The molecule has 1 aromatic carbocycles. The topological polar surface area (TPSA) is 59.2 Å². The summed E-state index contributed by atoms with van der Waals surface area (Å²) in [6, 6.07) is 8.11. The lowest BCUT2D eigenvalue weighted by Gasteiger charge is -2.30. The molecule has 0 spiro atoms. The summed E-state index contributed by atoms with van der Waals surface area (Å²) < 4.78 is 1.19. The van der Waals surface area contributed by atoms with E-state index in [0.29, 0.717) is 6.54 Å². The van der Waals surface area contributed by atoms with Gasteiger partial charge in [-0.15, -0.1) is 0 Å². The van der Waals surface area contributed by atoms with Crippen molar-refractivity contribution in [1.29, 1.82) is 0 Å². The molecule has 1 aromatic heterocycles. The Balaban J connectivity index is 1.87. The van der Waals surface area contributed by atoms with Crippen LogP contribution in [0.1, 0.15) is 12.8 Å². The predicted molar refractivity (Wildman–Crippen MR) is 73.8 cm³/mol. The van der Waals surface area contributed by atoms with Crippen molar-refractivity contribution in [2.45, 2.75) is 12.8 Å². The first-order valence-electron chi connectivity index (χ1n) is 6.14. The highest BCUT2D eigenvalue weighted by Gasteiger charge is 2.25. The number of carbonyl (C=O) groups is 1. The lowest BCUT2D eigenvalue weighted by molar-refractivity contribution is -0.122. The minimum atomic E-state index is -0.194. The molecular formula is C13H15N3OS. The fraction of sp³-hybridized carbons (Fsp3) is 0.385. The Bertz CT molecular complexity index is 547. The number of benzene rings is 1. The van der Waals surface area contributed by atoms with Crippen LogP contribution in [-0.4, -0.2) is 24.0 Å². The minimum Gasteiger partial charge on any atom is -0.369 e. The maximum atomic E-state index is 11.3. The van der Waals surface area contributed by atoms with Crippen LogP contribution in [0.15, 0.2) is 24.3 Å². The largest absolute Gasteiger partial charge is 0.369 e. The quantitative estimate of drug-likeness (QED) is 0.899. The molecule has 1 aliphatic rings. The van der Waals surface area contributed by atoms with E-state index in [-0.39, 0.29) is 11.8 Å². The van der Waals surface area contributed by atoms with Gasteiger partial charge in [-0.2, -0.15) is 0 Å². The zero-order valence-corrected chi connectivity index (χ0v) is 10.8. The van der Waals surface area contributed by atoms with Crippen LogP contribution in [0.2, 0.25) is 0 Å². The number of piperidine rings is 1. The summed E-state index contributed by atoms with van der Waals surface area (Å²) in [6.07, 6.45) is 1.90. The first-order chi connectivity index (χ1) is 8.74. The fourth-order valence-electron chi connectivity index (χ4n) is 2.38. The number of hydrogen-bond donors (Lipinski definition) is 1. The molecule has 1 atom stereocenters. The number of fused-ring (bicyclic) bond motifs is 1. The van der Waals surface area contributed by atoms with E-state index >= 15 is 0 Å². The molecule has 1 fully saturated rings. The van der Waals surface area contributed by atoms with Gasteiger partial charge in [-0.1, -0.05) is 23.5 Å². The second kappa shape index (κ2) is 4.57. The van der Waals surface area contributed by atoms with Gasteiger partial charge in [0.15, 0.2) is 5.13 Å². The lowest BCUT2D eigenvalue weighted by Crippen LogP contribution is -2.41. The van der Waals surface area contributed by atoms with Crippen LogP contribution < -0.4 is 10.6 Å². The third-order valence-corrected chi connectivity index (χ3v) is 4.47. The van der Waals surface area contributed by atoms with Crippen molar-refractivity contribution in [1.82, 2.24) is 4.98 Å². The van der Waals surface area contributed by atoms with E-state index in [4.69, 9.17) is 5.73 Å². The Hall–Kier alpha value is -1.62. The van der Waals surface area contributed by atoms with Gasteiger partial charge in [-0.3, -0.25) is 4.79 Å². The van der Waals surface area contributed by atoms with Crippen molar-refractivity contribution in [3.63, 3.8) is 0 Å². The highest BCUT2D eigenvalue weighted by Crippen LogP contribution is 2.31. The number of rotatable bonds is 2. The number of primary amides is 1. The molecule has 2 heterocycles. The second-order valence-electron chi connectivity index (χ2n) is 4.65. The smallest absolute Gasteiger partial charge is 0.222 e. The zero-order valence-electron chi connectivity index (χ0n) is 10.0. The fourth-order valence-corrected chi connectivity index (χ4v) is 3.38. The number of thiazole rings is 1. The number of nitrogens with zero attached hydrogens (tertiary/aromatic N) is 2. The first kappa shape index (κ1) is 11.5. The van der Waals surface area contributed by atoms with Crippen LogP contribution in [0.5, 0.6) is 0 Å². The van der Waals surface area contributed by atoms with E-state index in [9.17, 15) is 4.79 Å². The van der Waals surface area contributed by atoms with Gasteiger partial charge in [0.05, 0.1) is 16.1 Å². The number of anilines is 1. The molecule has 2 aromatic rings. The molecule has 3 rings (SSSR count). The summed E-state index contributed by atoms with van der Waals surface area (Å²) in [5.74, 6) is -0.230. The molecule has 0 aliphatic carbocycles. The molecule has 0 saturated carbocycles.